The summed E-state index contributed by atoms with van der Waals surface area (Å²) in [7, 11) is 0. The summed E-state index contributed by atoms with van der Waals surface area (Å²) in [6.07, 6.45) is 2.38. The minimum atomic E-state index is 0.266. The number of nitrogens with one attached hydrogen (secondary N) is 1. The number of benzene rings is 2. The standard InChI is InChI=1S/C23H24N4O2/c1-16-9-11-27(12-10-16)22-14-21(25-23(26-22)17-5-3-2-4-6-17)24-18-7-8-19-20(13-18)29-15-28-19/h2-8,13-14,16H,9-12,15H2,1H3,(H,24,25,26). The second kappa shape index (κ2) is 7.62. The van der Waals surface area contributed by atoms with E-state index in [4.69, 9.17) is 19.4 Å². The Bertz CT molecular complexity index is 1000. The third-order valence-electron chi connectivity index (χ3n) is 5.50. The molecule has 0 atom stereocenters. The van der Waals surface area contributed by atoms with Crippen molar-refractivity contribution in [3.8, 4) is 22.9 Å². The second-order valence-electron chi connectivity index (χ2n) is 7.66. The van der Waals surface area contributed by atoms with Crippen molar-refractivity contribution in [2.75, 3.05) is 30.1 Å². The summed E-state index contributed by atoms with van der Waals surface area (Å²) >= 11 is 0. The molecular formula is C23H24N4O2. The molecule has 0 bridgehead atoms. The van der Waals surface area contributed by atoms with Gasteiger partial charge in [-0.15, -0.1) is 0 Å². The minimum absolute atomic E-state index is 0.266. The first-order valence-electron chi connectivity index (χ1n) is 10.1. The van der Waals surface area contributed by atoms with Gasteiger partial charge in [0.15, 0.2) is 17.3 Å². The van der Waals surface area contributed by atoms with Gasteiger partial charge in [-0.2, -0.15) is 0 Å². The molecule has 2 aromatic carbocycles. The van der Waals surface area contributed by atoms with E-state index in [1.165, 1.54) is 12.8 Å². The molecule has 148 valence electrons. The van der Waals surface area contributed by atoms with Crippen LogP contribution in [0.4, 0.5) is 17.3 Å². The van der Waals surface area contributed by atoms with Crippen LogP contribution in [0.15, 0.2) is 54.6 Å². The molecule has 0 spiro atoms. The van der Waals surface area contributed by atoms with Gasteiger partial charge in [-0.3, -0.25) is 0 Å². The van der Waals surface area contributed by atoms with E-state index in [1.807, 2.05) is 54.6 Å². The number of piperidine rings is 1. The fourth-order valence-electron chi connectivity index (χ4n) is 3.74. The summed E-state index contributed by atoms with van der Waals surface area (Å²) in [5.41, 5.74) is 1.92. The maximum atomic E-state index is 5.50. The number of aromatic nitrogens is 2. The zero-order chi connectivity index (χ0) is 19.6. The Kier molecular flexibility index (Phi) is 4.68. The topological polar surface area (TPSA) is 59.5 Å². The van der Waals surface area contributed by atoms with E-state index in [-0.39, 0.29) is 6.79 Å². The van der Waals surface area contributed by atoms with E-state index in [0.29, 0.717) is 0 Å². The first-order valence-corrected chi connectivity index (χ1v) is 10.1. The molecule has 1 N–H and O–H groups in total. The predicted molar refractivity (Wildman–Crippen MR) is 114 cm³/mol. The number of ether oxygens (including phenoxy) is 2. The second-order valence-corrected chi connectivity index (χ2v) is 7.66. The lowest BCUT2D eigenvalue weighted by Crippen LogP contribution is -2.33. The summed E-state index contributed by atoms with van der Waals surface area (Å²) in [6, 6.07) is 18.0. The average Bonchev–Trinajstić information content (AvgIpc) is 3.23. The fourth-order valence-corrected chi connectivity index (χ4v) is 3.74. The van der Waals surface area contributed by atoms with Crippen LogP contribution in [0.5, 0.6) is 11.5 Å². The SMILES string of the molecule is CC1CCN(c2cc(Nc3ccc4c(c3)OCO4)nc(-c3ccccc3)n2)CC1. The molecule has 3 heterocycles. The van der Waals surface area contributed by atoms with Gasteiger partial charge in [0, 0.05) is 36.5 Å². The molecule has 1 fully saturated rings. The molecule has 3 aromatic rings. The molecule has 2 aliphatic rings. The van der Waals surface area contributed by atoms with Crippen LogP contribution in [0.3, 0.4) is 0 Å². The molecule has 0 radical (unpaired) electrons. The smallest absolute Gasteiger partial charge is 0.231 e. The lowest BCUT2D eigenvalue weighted by molar-refractivity contribution is 0.174. The van der Waals surface area contributed by atoms with Crippen molar-refractivity contribution in [3.63, 3.8) is 0 Å². The summed E-state index contributed by atoms with van der Waals surface area (Å²) < 4.78 is 10.9. The molecule has 6 nitrogen and oxygen atoms in total. The van der Waals surface area contributed by atoms with Gasteiger partial charge >= 0.3 is 0 Å². The first-order chi connectivity index (χ1) is 14.2. The molecule has 6 heteroatoms. The van der Waals surface area contributed by atoms with Gasteiger partial charge in [-0.1, -0.05) is 37.3 Å². The van der Waals surface area contributed by atoms with Crippen LogP contribution in [0.2, 0.25) is 0 Å². The highest BCUT2D eigenvalue weighted by atomic mass is 16.7. The third-order valence-corrected chi connectivity index (χ3v) is 5.50. The number of anilines is 3. The Morgan fingerprint density at radius 2 is 1.72 bits per heavy atom. The van der Waals surface area contributed by atoms with E-state index in [1.54, 1.807) is 0 Å². The van der Waals surface area contributed by atoms with Gasteiger partial charge in [0.2, 0.25) is 6.79 Å². The highest BCUT2D eigenvalue weighted by Gasteiger charge is 2.19. The van der Waals surface area contributed by atoms with E-state index in [0.717, 1.165) is 59.2 Å². The number of hydrogen-bond donors (Lipinski definition) is 1. The van der Waals surface area contributed by atoms with Crippen molar-refractivity contribution in [1.82, 2.24) is 9.97 Å². The monoisotopic (exact) mass is 388 g/mol. The van der Waals surface area contributed by atoms with Crippen LogP contribution in [-0.2, 0) is 0 Å². The van der Waals surface area contributed by atoms with Crippen LogP contribution >= 0.6 is 0 Å². The molecule has 1 saturated heterocycles. The number of nitrogens with zero attached hydrogens (tertiary/aromatic N) is 3. The van der Waals surface area contributed by atoms with Crippen LogP contribution in [-0.4, -0.2) is 29.9 Å². The van der Waals surface area contributed by atoms with Gasteiger partial charge in [-0.05, 0) is 30.9 Å². The molecular weight excluding hydrogens is 364 g/mol. The largest absolute Gasteiger partial charge is 0.454 e. The maximum Gasteiger partial charge on any atom is 0.231 e. The Hall–Kier alpha value is -3.28. The Morgan fingerprint density at radius 3 is 2.55 bits per heavy atom. The van der Waals surface area contributed by atoms with E-state index >= 15 is 0 Å². The van der Waals surface area contributed by atoms with Crippen molar-refractivity contribution < 1.29 is 9.47 Å². The van der Waals surface area contributed by atoms with Gasteiger partial charge in [0.05, 0.1) is 0 Å². The number of rotatable bonds is 4. The molecule has 0 saturated carbocycles. The minimum Gasteiger partial charge on any atom is -0.454 e. The van der Waals surface area contributed by atoms with E-state index < -0.39 is 0 Å². The Labute approximate surface area is 170 Å². The molecule has 0 amide bonds. The summed E-state index contributed by atoms with van der Waals surface area (Å²) in [5, 5.41) is 3.42. The molecule has 1 aromatic heterocycles. The van der Waals surface area contributed by atoms with Crippen LogP contribution < -0.4 is 19.7 Å². The van der Waals surface area contributed by atoms with Crippen molar-refractivity contribution in [1.29, 1.82) is 0 Å². The quantitative estimate of drug-likeness (QED) is 0.689. The highest BCUT2D eigenvalue weighted by molar-refractivity contribution is 5.67. The Morgan fingerprint density at radius 1 is 0.931 bits per heavy atom. The van der Waals surface area contributed by atoms with Gasteiger partial charge in [0.1, 0.15) is 11.6 Å². The summed E-state index contributed by atoms with van der Waals surface area (Å²) in [5.74, 6) is 4.75. The van der Waals surface area contributed by atoms with Crippen molar-refractivity contribution in [3.05, 3.63) is 54.6 Å². The molecule has 5 rings (SSSR count). The van der Waals surface area contributed by atoms with E-state index in [9.17, 15) is 0 Å². The van der Waals surface area contributed by atoms with Gasteiger partial charge < -0.3 is 19.7 Å². The molecule has 0 unspecified atom stereocenters. The molecule has 0 aliphatic carbocycles. The summed E-state index contributed by atoms with van der Waals surface area (Å²) in [4.78, 5) is 12.0. The van der Waals surface area contributed by atoms with Gasteiger partial charge in [-0.25, -0.2) is 9.97 Å². The van der Waals surface area contributed by atoms with Crippen LogP contribution in [0.25, 0.3) is 11.4 Å². The zero-order valence-corrected chi connectivity index (χ0v) is 16.5. The number of hydrogen-bond acceptors (Lipinski definition) is 6. The van der Waals surface area contributed by atoms with Crippen LogP contribution in [0, 0.1) is 5.92 Å². The lowest BCUT2D eigenvalue weighted by atomic mass is 9.99. The Balaban J connectivity index is 1.49. The van der Waals surface area contributed by atoms with Gasteiger partial charge in [0.25, 0.3) is 0 Å². The maximum absolute atomic E-state index is 5.50. The van der Waals surface area contributed by atoms with Crippen molar-refractivity contribution in [2.45, 2.75) is 19.8 Å². The first kappa shape index (κ1) is 17.8. The highest BCUT2D eigenvalue weighted by Crippen LogP contribution is 2.35. The third kappa shape index (κ3) is 3.83. The lowest BCUT2D eigenvalue weighted by Gasteiger charge is -2.31. The number of fused-ring (bicyclic) bond motifs is 1. The fraction of sp³-hybridized carbons (Fsp3) is 0.304. The summed E-state index contributed by atoms with van der Waals surface area (Å²) in [6.45, 7) is 4.63. The van der Waals surface area contributed by atoms with Crippen LogP contribution in [0.1, 0.15) is 19.8 Å². The van der Waals surface area contributed by atoms with E-state index in [2.05, 4.69) is 17.1 Å². The zero-order valence-electron chi connectivity index (χ0n) is 16.5. The predicted octanol–water partition coefficient (Wildman–Crippen LogP) is 4.85. The van der Waals surface area contributed by atoms with Crippen molar-refractivity contribution in [2.24, 2.45) is 5.92 Å². The normalized spacial score (nSPS) is 16.1. The molecule has 2 aliphatic heterocycles. The average molecular weight is 388 g/mol. The van der Waals surface area contributed by atoms with Crippen molar-refractivity contribution >= 4 is 17.3 Å². The molecule has 29 heavy (non-hydrogen) atoms.